The minimum Gasteiger partial charge on any atom is -0.467 e. The number of rotatable bonds is 2. The van der Waals surface area contributed by atoms with Gasteiger partial charge in [-0.05, 0) is 26.8 Å². The lowest BCUT2D eigenvalue weighted by Gasteiger charge is -2.26. The van der Waals surface area contributed by atoms with Crippen LogP contribution in [0.5, 0.6) is 0 Å². The average Bonchev–Trinajstić information content (AvgIpc) is 2.64. The highest BCUT2D eigenvalue weighted by molar-refractivity contribution is 6.09. The van der Waals surface area contributed by atoms with Gasteiger partial charge in [-0.25, -0.2) is 14.5 Å². The van der Waals surface area contributed by atoms with Crippen molar-refractivity contribution in [2.75, 3.05) is 7.11 Å². The molecule has 0 spiro atoms. The van der Waals surface area contributed by atoms with E-state index in [0.717, 1.165) is 7.11 Å². The zero-order valence-corrected chi connectivity index (χ0v) is 11.8. The lowest BCUT2D eigenvalue weighted by Crippen LogP contribution is -2.46. The number of hydrogen-bond acceptors (Lipinski definition) is 6. The van der Waals surface area contributed by atoms with Gasteiger partial charge in [-0.1, -0.05) is 0 Å². The van der Waals surface area contributed by atoms with Gasteiger partial charge >= 0.3 is 12.1 Å². The molecule has 1 aliphatic heterocycles. The Bertz CT molecular complexity index is 510. The summed E-state index contributed by atoms with van der Waals surface area (Å²) < 4.78 is 9.64. The van der Waals surface area contributed by atoms with E-state index in [1.807, 2.05) is 0 Å². The van der Waals surface area contributed by atoms with Crippen LogP contribution in [0.15, 0.2) is 11.6 Å². The van der Waals surface area contributed by atoms with Crippen molar-refractivity contribution >= 4 is 18.0 Å². The van der Waals surface area contributed by atoms with Crippen LogP contribution in [-0.4, -0.2) is 41.6 Å². The van der Waals surface area contributed by atoms with Gasteiger partial charge in [-0.15, -0.1) is 0 Å². The molecule has 0 aliphatic carbocycles. The van der Waals surface area contributed by atoms with Crippen LogP contribution in [0.3, 0.4) is 0 Å². The number of hydrogen-bond donors (Lipinski definition) is 0. The molecule has 0 aromatic heterocycles. The molecule has 7 nitrogen and oxygen atoms in total. The molecule has 1 atom stereocenters. The molecule has 1 rings (SSSR count). The monoisotopic (exact) mass is 280 g/mol. The number of amides is 2. The number of ether oxygens (including phenoxy) is 2. The molecule has 0 radical (unpaired) electrons. The molecule has 108 valence electrons. The van der Waals surface area contributed by atoms with Crippen molar-refractivity contribution in [3.05, 3.63) is 11.6 Å². The number of methoxy groups -OCH3 is 1. The Kier molecular flexibility index (Phi) is 4.50. The van der Waals surface area contributed by atoms with Crippen LogP contribution in [0.2, 0.25) is 0 Å². The summed E-state index contributed by atoms with van der Waals surface area (Å²) in [5.74, 6) is -1.48. The van der Waals surface area contributed by atoms with E-state index in [0.29, 0.717) is 4.90 Å². The normalized spacial score (nSPS) is 18.4. The van der Waals surface area contributed by atoms with Crippen molar-refractivity contribution in [3.8, 4) is 6.07 Å². The van der Waals surface area contributed by atoms with E-state index in [1.54, 1.807) is 26.8 Å². The molecule has 0 saturated heterocycles. The predicted octanol–water partition coefficient (Wildman–Crippen LogP) is 1.15. The fourth-order valence-electron chi connectivity index (χ4n) is 1.64. The van der Waals surface area contributed by atoms with Crippen LogP contribution in [0.4, 0.5) is 4.79 Å². The molecule has 0 fully saturated rings. The van der Waals surface area contributed by atoms with Crippen molar-refractivity contribution in [1.82, 2.24) is 4.90 Å². The second kappa shape index (κ2) is 5.74. The molecule has 7 heteroatoms. The molecule has 0 unspecified atom stereocenters. The lowest BCUT2D eigenvalue weighted by atomic mass is 10.2. The zero-order chi connectivity index (χ0) is 15.5. The van der Waals surface area contributed by atoms with Crippen LogP contribution < -0.4 is 0 Å². The molecule has 0 aromatic carbocycles. The first-order valence-corrected chi connectivity index (χ1v) is 5.93. The van der Waals surface area contributed by atoms with Crippen molar-refractivity contribution in [2.24, 2.45) is 0 Å². The van der Waals surface area contributed by atoms with Crippen molar-refractivity contribution in [2.45, 2.75) is 38.8 Å². The summed E-state index contributed by atoms with van der Waals surface area (Å²) in [6.45, 7) is 4.92. The van der Waals surface area contributed by atoms with E-state index in [2.05, 4.69) is 4.74 Å². The van der Waals surface area contributed by atoms with Crippen LogP contribution in [0, 0.1) is 11.3 Å². The molecule has 2 amide bonds. The minimum absolute atomic E-state index is 0.0776. The fraction of sp³-hybridized carbons (Fsp3) is 0.538. The van der Waals surface area contributed by atoms with E-state index in [1.165, 1.54) is 6.08 Å². The molecule has 1 aliphatic rings. The van der Waals surface area contributed by atoms with Gasteiger partial charge < -0.3 is 9.47 Å². The van der Waals surface area contributed by atoms with Crippen LogP contribution in [0.25, 0.3) is 0 Å². The quantitative estimate of drug-likeness (QED) is 0.704. The summed E-state index contributed by atoms with van der Waals surface area (Å²) in [5, 5.41) is 8.64. The van der Waals surface area contributed by atoms with Gasteiger partial charge in [-0.3, -0.25) is 4.79 Å². The summed E-state index contributed by atoms with van der Waals surface area (Å²) in [6.07, 6.45) is 0.120. The molecule has 0 aromatic rings. The maximum atomic E-state index is 12.1. The summed E-state index contributed by atoms with van der Waals surface area (Å²) in [5.41, 5.74) is -0.732. The van der Waals surface area contributed by atoms with Crippen molar-refractivity contribution in [1.29, 1.82) is 5.26 Å². The molecule has 0 N–H and O–H groups in total. The van der Waals surface area contributed by atoms with Gasteiger partial charge in [0.15, 0.2) is 6.04 Å². The Hall–Kier alpha value is -2.36. The van der Waals surface area contributed by atoms with E-state index in [4.69, 9.17) is 10.00 Å². The number of nitrogens with zero attached hydrogens (tertiary/aromatic N) is 2. The Morgan fingerprint density at radius 3 is 2.50 bits per heavy atom. The van der Waals surface area contributed by atoms with E-state index in [9.17, 15) is 14.4 Å². The molecule has 0 bridgehead atoms. The fourth-order valence-corrected chi connectivity index (χ4v) is 1.64. The molecule has 1 heterocycles. The largest absolute Gasteiger partial charge is 0.467 e. The maximum Gasteiger partial charge on any atom is 0.418 e. The minimum atomic E-state index is -1.19. The third-order valence-corrected chi connectivity index (χ3v) is 2.43. The lowest BCUT2D eigenvalue weighted by molar-refractivity contribution is -0.147. The number of imide groups is 1. The summed E-state index contributed by atoms with van der Waals surface area (Å²) in [7, 11) is 1.15. The van der Waals surface area contributed by atoms with Crippen molar-refractivity contribution in [3.63, 3.8) is 0 Å². The summed E-state index contributed by atoms with van der Waals surface area (Å²) in [4.78, 5) is 36.4. The van der Waals surface area contributed by atoms with Gasteiger partial charge in [0.2, 0.25) is 0 Å². The smallest absolute Gasteiger partial charge is 0.418 e. The summed E-state index contributed by atoms with van der Waals surface area (Å²) >= 11 is 0. The second-order valence-corrected chi connectivity index (χ2v) is 5.15. The van der Waals surface area contributed by atoms with Gasteiger partial charge in [0, 0.05) is 5.57 Å². The Morgan fingerprint density at radius 1 is 1.45 bits per heavy atom. The third-order valence-electron chi connectivity index (χ3n) is 2.43. The van der Waals surface area contributed by atoms with Gasteiger partial charge in [-0.2, -0.15) is 5.26 Å². The zero-order valence-electron chi connectivity index (χ0n) is 11.8. The molecular weight excluding hydrogens is 264 g/mol. The van der Waals surface area contributed by atoms with E-state index >= 15 is 0 Å². The van der Waals surface area contributed by atoms with Crippen molar-refractivity contribution < 1.29 is 23.9 Å². The second-order valence-electron chi connectivity index (χ2n) is 5.15. The number of carbonyl (C=O) groups excluding carboxylic acids is 3. The van der Waals surface area contributed by atoms with Gasteiger partial charge in [0.25, 0.3) is 5.91 Å². The molecule has 0 saturated carbocycles. The van der Waals surface area contributed by atoms with Gasteiger partial charge in [0.1, 0.15) is 5.60 Å². The third kappa shape index (κ3) is 3.35. The first-order valence-electron chi connectivity index (χ1n) is 5.93. The van der Waals surface area contributed by atoms with Crippen LogP contribution in [-0.2, 0) is 19.1 Å². The number of carbonyl (C=O) groups is 3. The Morgan fingerprint density at radius 2 is 2.05 bits per heavy atom. The Labute approximate surface area is 116 Å². The van der Waals surface area contributed by atoms with E-state index in [-0.39, 0.29) is 12.0 Å². The summed E-state index contributed by atoms with van der Waals surface area (Å²) in [6, 6.07) is 0.616. The molecular formula is C13H16N2O5. The highest BCUT2D eigenvalue weighted by atomic mass is 16.6. The van der Waals surface area contributed by atoms with Crippen LogP contribution in [0.1, 0.15) is 27.2 Å². The molecule has 20 heavy (non-hydrogen) atoms. The highest BCUT2D eigenvalue weighted by Crippen LogP contribution is 2.24. The average molecular weight is 280 g/mol. The topological polar surface area (TPSA) is 96.7 Å². The SMILES string of the molecule is COC(=O)[C@@H]1C=C(CC#N)C(=O)N1C(=O)OC(C)(C)C. The van der Waals surface area contributed by atoms with Gasteiger partial charge in [0.05, 0.1) is 19.6 Å². The first kappa shape index (κ1) is 15.7. The number of nitriles is 1. The first-order chi connectivity index (χ1) is 9.21. The maximum absolute atomic E-state index is 12.1. The van der Waals surface area contributed by atoms with E-state index < -0.39 is 29.6 Å². The van der Waals surface area contributed by atoms with Crippen LogP contribution >= 0.6 is 0 Å². The Balaban J connectivity index is 3.04. The standard InChI is InChI=1S/C13H16N2O5/c1-13(2,3)20-12(18)15-9(11(17)19-4)7-8(5-6-14)10(15)16/h7,9H,5H2,1-4H3/t9-/m0/s1. The highest BCUT2D eigenvalue weighted by Gasteiger charge is 2.43. The number of esters is 1. The predicted molar refractivity (Wildman–Crippen MR) is 67.2 cm³/mol.